The highest BCUT2D eigenvalue weighted by molar-refractivity contribution is 8.45. The van der Waals surface area contributed by atoms with Crippen LogP contribution in [0.2, 0.25) is 0 Å². The van der Waals surface area contributed by atoms with Gasteiger partial charge in [0.05, 0.1) is 5.52 Å². The van der Waals surface area contributed by atoms with E-state index < -0.39 is 21.0 Å². The first-order valence-electron chi connectivity index (χ1n) is 10.9. The number of fused-ring (bicyclic) bond motifs is 1. The van der Waals surface area contributed by atoms with Crippen molar-refractivity contribution in [3.8, 4) is 0 Å². The Bertz CT molecular complexity index is 1220. The summed E-state index contributed by atoms with van der Waals surface area (Å²) >= 11 is 0. The smallest absolute Gasteiger partial charge is 0.310 e. The highest BCUT2D eigenvalue weighted by atomic mass is 32.5. The number of carbonyl (C=O) groups is 1. The molecule has 2 aromatic carbocycles. The number of pyridine rings is 1. The molecule has 0 bridgehead atoms. The van der Waals surface area contributed by atoms with E-state index in [4.69, 9.17) is 0 Å². The molecule has 0 aliphatic heterocycles. The van der Waals surface area contributed by atoms with Gasteiger partial charge in [0.25, 0.3) is 0 Å². The van der Waals surface area contributed by atoms with E-state index in [2.05, 4.69) is 10.3 Å². The summed E-state index contributed by atoms with van der Waals surface area (Å²) in [7, 11) is -9.75. The molecule has 1 aliphatic rings. The minimum Gasteiger partial charge on any atom is -0.326 e. The van der Waals surface area contributed by atoms with E-state index >= 15 is 0 Å². The molecule has 1 fully saturated rings. The van der Waals surface area contributed by atoms with Gasteiger partial charge < -0.3 is 5.32 Å². The van der Waals surface area contributed by atoms with Gasteiger partial charge in [0.15, 0.2) is 0 Å². The molecule has 0 saturated heterocycles. The molecule has 1 atom stereocenters. The van der Waals surface area contributed by atoms with E-state index in [-0.39, 0.29) is 41.4 Å². The third-order valence-corrected chi connectivity index (χ3v) is 7.80. The average molecular weight is 503 g/mol. The van der Waals surface area contributed by atoms with Crippen LogP contribution in [0.4, 0.5) is 29.5 Å². The summed E-state index contributed by atoms with van der Waals surface area (Å²) < 4.78 is 78.1. The van der Waals surface area contributed by atoms with Crippen molar-refractivity contribution in [2.24, 2.45) is 11.8 Å². The van der Waals surface area contributed by atoms with E-state index in [1.807, 2.05) is 6.07 Å². The summed E-state index contributed by atoms with van der Waals surface area (Å²) in [6.45, 7) is 1.75. The van der Waals surface area contributed by atoms with Crippen LogP contribution in [0.25, 0.3) is 10.9 Å². The second-order valence-corrected chi connectivity index (χ2v) is 11.4. The lowest BCUT2D eigenvalue weighted by molar-refractivity contribution is -0.121. The molecule has 0 unspecified atom stereocenters. The summed E-state index contributed by atoms with van der Waals surface area (Å²) in [5, 5.41) is 3.31. The number of amides is 1. The minimum absolute atomic E-state index is 0.0291. The molecule has 1 N–H and O–H groups in total. The molecule has 1 aliphatic carbocycles. The monoisotopic (exact) mass is 502 g/mol. The Morgan fingerprint density at radius 3 is 2.24 bits per heavy atom. The maximum absolute atomic E-state index is 13.8. The van der Waals surface area contributed by atoms with Crippen LogP contribution in [0.3, 0.4) is 0 Å². The molecule has 3 aromatic rings. The van der Waals surface area contributed by atoms with E-state index in [0.717, 1.165) is 54.3 Å². The molecular formula is C24H24F6N2OS. The zero-order valence-corrected chi connectivity index (χ0v) is 19.1. The number of rotatable bonds is 5. The lowest BCUT2D eigenvalue weighted by Gasteiger charge is -2.40. The van der Waals surface area contributed by atoms with E-state index in [1.165, 1.54) is 12.1 Å². The molecule has 1 amide bonds. The van der Waals surface area contributed by atoms with Crippen LogP contribution in [0.15, 0.2) is 59.6 Å². The normalized spacial score (nSPS) is 22.0. The number of benzene rings is 2. The number of aromatic nitrogens is 1. The summed E-state index contributed by atoms with van der Waals surface area (Å²) in [5.41, 5.74) is 1.79. The maximum Gasteiger partial charge on any atom is 0.310 e. The first kappa shape index (κ1) is 24.4. The largest absolute Gasteiger partial charge is 0.326 e. The number of nitrogens with one attached hydrogen (secondary N) is 1. The van der Waals surface area contributed by atoms with Gasteiger partial charge in [0, 0.05) is 23.2 Å². The number of halogens is 6. The number of carbonyl (C=O) groups excluding carboxylic acids is 1. The van der Waals surface area contributed by atoms with Crippen LogP contribution in [0, 0.1) is 17.7 Å². The Morgan fingerprint density at radius 2 is 1.62 bits per heavy atom. The first-order chi connectivity index (χ1) is 15.7. The van der Waals surface area contributed by atoms with Gasteiger partial charge in [0.2, 0.25) is 5.91 Å². The SMILES string of the molecule is C[C@@H](C(=O)Nc1ccc(S(F)(F)(F)(F)F)cc1)[C@H]1CC[C@H](c2ccnc3ccc(F)cc32)CC1. The van der Waals surface area contributed by atoms with Gasteiger partial charge in [-0.1, -0.05) is 26.4 Å². The van der Waals surface area contributed by atoms with E-state index in [1.54, 1.807) is 19.2 Å². The fraction of sp³-hybridized carbons (Fsp3) is 0.333. The van der Waals surface area contributed by atoms with E-state index in [0.29, 0.717) is 0 Å². The quantitative estimate of drug-likeness (QED) is 0.355. The van der Waals surface area contributed by atoms with Crippen molar-refractivity contribution < 1.29 is 28.6 Å². The number of nitrogens with zero attached hydrogens (tertiary/aromatic N) is 1. The van der Waals surface area contributed by atoms with Gasteiger partial charge in [-0.3, -0.25) is 9.78 Å². The molecular weight excluding hydrogens is 478 g/mol. The van der Waals surface area contributed by atoms with Crippen molar-refractivity contribution in [2.75, 3.05) is 5.32 Å². The van der Waals surface area contributed by atoms with Gasteiger partial charge in [0.1, 0.15) is 10.7 Å². The van der Waals surface area contributed by atoms with Crippen LogP contribution in [0.5, 0.6) is 0 Å². The zero-order valence-electron chi connectivity index (χ0n) is 18.3. The summed E-state index contributed by atoms with van der Waals surface area (Å²) in [4.78, 5) is 15.0. The fourth-order valence-electron chi connectivity index (χ4n) is 4.69. The standard InChI is InChI=1S/C24H24F6N2OS/c1-15(24(33)32-19-7-9-20(10-8-19)34(26,27,28,29)30)16-2-4-17(5-3-16)21-12-13-31-23-11-6-18(25)14-22(21)23/h6-17H,2-5H2,1H3,(H,32,33)/t15-,16-,17-/m1/s1. The summed E-state index contributed by atoms with van der Waals surface area (Å²) in [6.07, 6.45) is 4.81. The third-order valence-electron chi connectivity index (χ3n) is 6.64. The van der Waals surface area contributed by atoms with Crippen LogP contribution in [0.1, 0.15) is 44.1 Å². The van der Waals surface area contributed by atoms with Gasteiger partial charge >= 0.3 is 10.2 Å². The predicted octanol–water partition coefficient (Wildman–Crippen LogP) is 8.58. The highest BCUT2D eigenvalue weighted by Gasteiger charge is 2.65. The van der Waals surface area contributed by atoms with Crippen molar-refractivity contribution in [3.63, 3.8) is 0 Å². The second-order valence-electron chi connectivity index (χ2n) is 8.94. The summed E-state index contributed by atoms with van der Waals surface area (Å²) in [6, 6.07) is 8.66. The van der Waals surface area contributed by atoms with Crippen molar-refractivity contribution in [3.05, 3.63) is 66.1 Å². The molecule has 184 valence electrons. The molecule has 1 aromatic heterocycles. The predicted molar refractivity (Wildman–Crippen MR) is 122 cm³/mol. The fourth-order valence-corrected chi connectivity index (χ4v) is 5.34. The van der Waals surface area contributed by atoms with Crippen molar-refractivity contribution in [1.82, 2.24) is 4.98 Å². The number of hydrogen-bond donors (Lipinski definition) is 1. The molecule has 0 spiro atoms. The van der Waals surface area contributed by atoms with Gasteiger partial charge in [-0.15, -0.1) is 0 Å². The Morgan fingerprint density at radius 1 is 0.971 bits per heavy atom. The van der Waals surface area contributed by atoms with Crippen molar-refractivity contribution in [1.29, 1.82) is 0 Å². The lowest BCUT2D eigenvalue weighted by atomic mass is 9.73. The van der Waals surface area contributed by atoms with Crippen LogP contribution in [-0.2, 0) is 4.79 Å². The van der Waals surface area contributed by atoms with Crippen LogP contribution >= 0.6 is 10.2 Å². The molecule has 10 heteroatoms. The summed E-state index contributed by atoms with van der Waals surface area (Å²) in [5.74, 6) is -0.847. The Balaban J connectivity index is 1.39. The van der Waals surface area contributed by atoms with E-state index in [9.17, 15) is 28.6 Å². The maximum atomic E-state index is 13.8. The molecule has 1 heterocycles. The van der Waals surface area contributed by atoms with Crippen molar-refractivity contribution in [2.45, 2.75) is 43.4 Å². The first-order valence-corrected chi connectivity index (χ1v) is 12.9. The Kier molecular flexibility index (Phi) is 5.66. The molecule has 1 saturated carbocycles. The van der Waals surface area contributed by atoms with Gasteiger partial charge in [-0.05, 0) is 91.6 Å². The number of anilines is 1. The Labute approximate surface area is 193 Å². The minimum atomic E-state index is -9.75. The lowest BCUT2D eigenvalue weighted by Crippen LogP contribution is -2.29. The van der Waals surface area contributed by atoms with Crippen LogP contribution in [-0.4, -0.2) is 10.9 Å². The molecule has 0 radical (unpaired) electrons. The highest BCUT2D eigenvalue weighted by Crippen LogP contribution is 3.02. The second kappa shape index (κ2) is 7.90. The van der Waals surface area contributed by atoms with Crippen LogP contribution < -0.4 is 5.32 Å². The topological polar surface area (TPSA) is 42.0 Å². The number of hydrogen-bond acceptors (Lipinski definition) is 2. The third kappa shape index (κ3) is 5.32. The Hall–Kier alpha value is -2.75. The molecule has 34 heavy (non-hydrogen) atoms. The van der Waals surface area contributed by atoms with Crippen molar-refractivity contribution >= 4 is 32.7 Å². The average Bonchev–Trinajstić information content (AvgIpc) is 2.77. The molecule has 4 rings (SSSR count). The van der Waals surface area contributed by atoms with Gasteiger partial charge in [-0.2, -0.15) is 0 Å². The zero-order chi connectivity index (χ0) is 24.8. The van der Waals surface area contributed by atoms with Gasteiger partial charge in [-0.25, -0.2) is 4.39 Å². The molecule has 3 nitrogen and oxygen atoms in total.